The molecule has 1 aliphatic carbocycles. The second kappa shape index (κ2) is 7.17. The van der Waals surface area contributed by atoms with Crippen LogP contribution in [0.1, 0.15) is 62.8 Å². The molecule has 1 aliphatic rings. The molecular weight excluding hydrogens is 226 g/mol. The largest absolute Gasteiger partial charge is 0.309 e. The van der Waals surface area contributed by atoms with Crippen molar-refractivity contribution >= 4 is 11.3 Å². The van der Waals surface area contributed by atoms with E-state index in [4.69, 9.17) is 0 Å². The first-order chi connectivity index (χ1) is 8.40. The number of nitrogens with one attached hydrogen (secondary N) is 1. The maximum Gasteiger partial charge on any atom is 0.0417 e. The van der Waals surface area contributed by atoms with Crippen LogP contribution in [0.15, 0.2) is 17.5 Å². The molecule has 2 heteroatoms. The van der Waals surface area contributed by atoms with Crippen LogP contribution in [0.3, 0.4) is 0 Å². The summed E-state index contributed by atoms with van der Waals surface area (Å²) in [6, 6.07) is 5.08. The first kappa shape index (κ1) is 13.1. The fraction of sp³-hybridized carbons (Fsp3) is 0.733. The molecule has 96 valence electrons. The summed E-state index contributed by atoms with van der Waals surface area (Å²) in [6.45, 7) is 3.40. The van der Waals surface area contributed by atoms with Crippen molar-refractivity contribution in [3.05, 3.63) is 22.4 Å². The lowest BCUT2D eigenvalue weighted by atomic mass is 9.84. The van der Waals surface area contributed by atoms with Gasteiger partial charge in [0.05, 0.1) is 0 Å². The fourth-order valence-corrected chi connectivity index (χ4v) is 3.68. The van der Waals surface area contributed by atoms with Crippen LogP contribution >= 0.6 is 11.3 Å². The van der Waals surface area contributed by atoms with E-state index < -0.39 is 0 Å². The number of hydrogen-bond acceptors (Lipinski definition) is 2. The highest BCUT2D eigenvalue weighted by molar-refractivity contribution is 7.10. The Morgan fingerprint density at radius 2 is 2.18 bits per heavy atom. The molecule has 0 radical (unpaired) electrons. The van der Waals surface area contributed by atoms with Gasteiger partial charge in [0, 0.05) is 10.9 Å². The molecule has 0 aliphatic heterocycles. The Labute approximate surface area is 110 Å². The van der Waals surface area contributed by atoms with Crippen LogP contribution in [0.4, 0.5) is 0 Å². The van der Waals surface area contributed by atoms with E-state index in [1.54, 1.807) is 0 Å². The van der Waals surface area contributed by atoms with Gasteiger partial charge in [-0.25, -0.2) is 0 Å². The first-order valence-electron chi connectivity index (χ1n) is 7.17. The van der Waals surface area contributed by atoms with Gasteiger partial charge >= 0.3 is 0 Å². The minimum Gasteiger partial charge on any atom is -0.309 e. The van der Waals surface area contributed by atoms with Crippen LogP contribution in [0, 0.1) is 5.92 Å². The lowest BCUT2D eigenvalue weighted by molar-refractivity contribution is 0.301. The van der Waals surface area contributed by atoms with E-state index in [1.165, 1.54) is 49.8 Å². The van der Waals surface area contributed by atoms with Crippen LogP contribution in [-0.4, -0.2) is 6.54 Å². The molecule has 1 unspecified atom stereocenters. The topological polar surface area (TPSA) is 12.0 Å². The summed E-state index contributed by atoms with van der Waals surface area (Å²) in [5.41, 5.74) is 0. The molecule has 2 rings (SSSR count). The van der Waals surface area contributed by atoms with Crippen molar-refractivity contribution in [3.8, 4) is 0 Å². The summed E-state index contributed by atoms with van der Waals surface area (Å²) >= 11 is 1.91. The molecular formula is C15H25NS. The van der Waals surface area contributed by atoms with Gasteiger partial charge in [-0.1, -0.05) is 45.1 Å². The molecule has 1 aromatic heterocycles. The van der Waals surface area contributed by atoms with Crippen molar-refractivity contribution in [3.63, 3.8) is 0 Å². The molecule has 1 N–H and O–H groups in total. The minimum atomic E-state index is 0.609. The van der Waals surface area contributed by atoms with Crippen LogP contribution in [0.5, 0.6) is 0 Å². The van der Waals surface area contributed by atoms with Crippen molar-refractivity contribution in [1.82, 2.24) is 5.32 Å². The Kier molecular flexibility index (Phi) is 5.53. The third kappa shape index (κ3) is 4.11. The molecule has 0 amide bonds. The van der Waals surface area contributed by atoms with E-state index in [2.05, 4.69) is 29.8 Å². The Hall–Kier alpha value is -0.340. The highest BCUT2D eigenvalue weighted by Gasteiger charge is 2.20. The fourth-order valence-electron chi connectivity index (χ4n) is 2.86. The smallest absolute Gasteiger partial charge is 0.0417 e. The van der Waals surface area contributed by atoms with Gasteiger partial charge in [-0.15, -0.1) is 11.3 Å². The summed E-state index contributed by atoms with van der Waals surface area (Å²) < 4.78 is 0. The maximum atomic E-state index is 3.73. The second-order valence-corrected chi connectivity index (χ2v) is 6.24. The molecule has 1 atom stereocenters. The Morgan fingerprint density at radius 3 is 2.82 bits per heavy atom. The zero-order valence-corrected chi connectivity index (χ0v) is 11.8. The van der Waals surface area contributed by atoms with Gasteiger partial charge in [-0.2, -0.15) is 0 Å². The van der Waals surface area contributed by atoms with E-state index in [-0.39, 0.29) is 0 Å². The zero-order chi connectivity index (χ0) is 11.9. The molecule has 1 nitrogen and oxygen atoms in total. The Bertz CT molecular complexity index is 288. The van der Waals surface area contributed by atoms with E-state index >= 15 is 0 Å². The summed E-state index contributed by atoms with van der Waals surface area (Å²) in [7, 11) is 0. The standard InChI is InChI=1S/C15H25NS/c1-2-10-16-14(15-9-6-11-17-15)12-13-7-4-3-5-8-13/h6,9,11,13-14,16H,2-5,7-8,10,12H2,1H3. The van der Waals surface area contributed by atoms with E-state index in [1.807, 2.05) is 11.3 Å². The predicted octanol–water partition coefficient (Wildman–Crippen LogP) is 4.76. The SMILES string of the molecule is CCCNC(CC1CCCCC1)c1cccs1. The molecule has 0 saturated heterocycles. The van der Waals surface area contributed by atoms with Crippen molar-refractivity contribution in [2.75, 3.05) is 6.54 Å². The monoisotopic (exact) mass is 251 g/mol. The van der Waals surface area contributed by atoms with E-state index in [9.17, 15) is 0 Å². The molecule has 1 fully saturated rings. The second-order valence-electron chi connectivity index (χ2n) is 5.26. The van der Waals surface area contributed by atoms with Crippen LogP contribution in [-0.2, 0) is 0 Å². The highest BCUT2D eigenvalue weighted by atomic mass is 32.1. The average molecular weight is 251 g/mol. The first-order valence-corrected chi connectivity index (χ1v) is 8.05. The summed E-state index contributed by atoms with van der Waals surface area (Å²) in [6.07, 6.45) is 9.85. The van der Waals surface area contributed by atoms with Crippen molar-refractivity contribution in [1.29, 1.82) is 0 Å². The van der Waals surface area contributed by atoms with E-state index in [0.29, 0.717) is 6.04 Å². The third-order valence-electron chi connectivity index (χ3n) is 3.82. The summed E-state index contributed by atoms with van der Waals surface area (Å²) in [4.78, 5) is 1.53. The van der Waals surface area contributed by atoms with Gasteiger partial charge in [0.1, 0.15) is 0 Å². The van der Waals surface area contributed by atoms with Crippen LogP contribution in [0.2, 0.25) is 0 Å². The van der Waals surface area contributed by atoms with Gasteiger partial charge in [0.15, 0.2) is 0 Å². The summed E-state index contributed by atoms with van der Waals surface area (Å²) in [5.74, 6) is 0.959. The summed E-state index contributed by atoms with van der Waals surface area (Å²) in [5, 5.41) is 5.93. The number of rotatable bonds is 6. The normalized spacial score (nSPS) is 19.4. The molecule has 1 saturated carbocycles. The molecule has 0 aromatic carbocycles. The number of hydrogen-bond donors (Lipinski definition) is 1. The Morgan fingerprint density at radius 1 is 1.35 bits per heavy atom. The minimum absolute atomic E-state index is 0.609. The number of thiophene rings is 1. The lowest BCUT2D eigenvalue weighted by Gasteiger charge is -2.26. The van der Waals surface area contributed by atoms with Gasteiger partial charge in [-0.3, -0.25) is 0 Å². The molecule has 0 bridgehead atoms. The molecule has 17 heavy (non-hydrogen) atoms. The predicted molar refractivity (Wildman–Crippen MR) is 76.5 cm³/mol. The van der Waals surface area contributed by atoms with Crippen molar-refractivity contribution < 1.29 is 0 Å². The quantitative estimate of drug-likeness (QED) is 0.768. The van der Waals surface area contributed by atoms with Crippen LogP contribution in [0.25, 0.3) is 0 Å². The Balaban J connectivity index is 1.90. The maximum absolute atomic E-state index is 3.73. The third-order valence-corrected chi connectivity index (χ3v) is 4.81. The van der Waals surface area contributed by atoms with Crippen LogP contribution < -0.4 is 5.32 Å². The molecule has 0 spiro atoms. The van der Waals surface area contributed by atoms with Gasteiger partial charge in [0.2, 0.25) is 0 Å². The van der Waals surface area contributed by atoms with Gasteiger partial charge in [0.25, 0.3) is 0 Å². The lowest BCUT2D eigenvalue weighted by Crippen LogP contribution is -2.24. The zero-order valence-electron chi connectivity index (χ0n) is 11.0. The van der Waals surface area contributed by atoms with Gasteiger partial charge < -0.3 is 5.32 Å². The van der Waals surface area contributed by atoms with E-state index in [0.717, 1.165) is 12.5 Å². The van der Waals surface area contributed by atoms with Crippen molar-refractivity contribution in [2.24, 2.45) is 5.92 Å². The van der Waals surface area contributed by atoms with Gasteiger partial charge in [-0.05, 0) is 36.8 Å². The average Bonchev–Trinajstić information content (AvgIpc) is 2.89. The molecule has 1 heterocycles. The molecule has 1 aromatic rings. The van der Waals surface area contributed by atoms with Crippen molar-refractivity contribution in [2.45, 2.75) is 57.9 Å². The highest BCUT2D eigenvalue weighted by Crippen LogP contribution is 2.33.